The minimum atomic E-state index is -2.66. The SMILES string of the molecule is O=CC1(C(F)F)C=CC(c2ccccc2)=CC1. The summed E-state index contributed by atoms with van der Waals surface area (Å²) in [5, 5.41) is 0. The fraction of sp³-hybridized carbons (Fsp3) is 0.214. The zero-order valence-electron chi connectivity index (χ0n) is 9.14. The third kappa shape index (κ3) is 2.18. The van der Waals surface area contributed by atoms with Gasteiger partial charge in [-0.3, -0.25) is 0 Å². The van der Waals surface area contributed by atoms with E-state index in [1.54, 1.807) is 12.2 Å². The molecule has 0 saturated carbocycles. The van der Waals surface area contributed by atoms with Crippen LogP contribution in [-0.2, 0) is 4.79 Å². The summed E-state index contributed by atoms with van der Waals surface area (Å²) in [6.07, 6.45) is 2.33. The van der Waals surface area contributed by atoms with Crippen LogP contribution in [0.2, 0.25) is 0 Å². The average Bonchev–Trinajstić information content (AvgIpc) is 2.39. The van der Waals surface area contributed by atoms with E-state index in [9.17, 15) is 13.6 Å². The van der Waals surface area contributed by atoms with Gasteiger partial charge in [-0.25, -0.2) is 8.78 Å². The summed E-state index contributed by atoms with van der Waals surface area (Å²) < 4.78 is 25.6. The van der Waals surface area contributed by atoms with Crippen LogP contribution in [0.5, 0.6) is 0 Å². The van der Waals surface area contributed by atoms with Crippen LogP contribution < -0.4 is 0 Å². The third-order valence-corrected chi connectivity index (χ3v) is 2.98. The van der Waals surface area contributed by atoms with Crippen LogP contribution in [0.25, 0.3) is 5.57 Å². The molecule has 0 aliphatic heterocycles. The normalized spacial score (nSPS) is 23.6. The quantitative estimate of drug-likeness (QED) is 0.732. The number of hydrogen-bond donors (Lipinski definition) is 0. The zero-order valence-corrected chi connectivity index (χ0v) is 9.14. The van der Waals surface area contributed by atoms with Crippen LogP contribution in [0, 0.1) is 5.41 Å². The standard InChI is InChI=1S/C14H12F2O/c15-13(16)14(10-17)8-6-12(7-9-14)11-4-2-1-3-5-11/h1-8,10,13H,9H2. The molecule has 0 saturated heterocycles. The molecule has 0 fully saturated rings. The van der Waals surface area contributed by atoms with Crippen LogP contribution in [0.1, 0.15) is 12.0 Å². The van der Waals surface area contributed by atoms with E-state index in [0.717, 1.165) is 11.1 Å². The Morgan fingerprint density at radius 1 is 1.24 bits per heavy atom. The van der Waals surface area contributed by atoms with E-state index < -0.39 is 11.8 Å². The maximum absolute atomic E-state index is 12.8. The molecule has 0 aromatic heterocycles. The van der Waals surface area contributed by atoms with Crippen molar-refractivity contribution in [1.29, 1.82) is 0 Å². The number of hydrogen-bond acceptors (Lipinski definition) is 1. The second kappa shape index (κ2) is 4.62. The number of rotatable bonds is 3. The van der Waals surface area contributed by atoms with Crippen molar-refractivity contribution >= 4 is 11.9 Å². The minimum absolute atomic E-state index is 0.0505. The molecule has 88 valence electrons. The van der Waals surface area contributed by atoms with Gasteiger partial charge >= 0.3 is 0 Å². The van der Waals surface area contributed by atoms with Gasteiger partial charge in [0.1, 0.15) is 11.7 Å². The van der Waals surface area contributed by atoms with E-state index in [1.807, 2.05) is 30.3 Å². The lowest BCUT2D eigenvalue weighted by molar-refractivity contribution is -0.120. The minimum Gasteiger partial charge on any atom is -0.302 e. The lowest BCUT2D eigenvalue weighted by Crippen LogP contribution is -2.29. The number of carbonyl (C=O) groups is 1. The number of alkyl halides is 2. The van der Waals surface area contributed by atoms with Crippen LogP contribution in [-0.4, -0.2) is 12.7 Å². The van der Waals surface area contributed by atoms with Gasteiger partial charge in [-0.2, -0.15) is 0 Å². The fourth-order valence-electron chi connectivity index (χ4n) is 1.81. The Balaban J connectivity index is 2.25. The maximum atomic E-state index is 12.8. The summed E-state index contributed by atoms with van der Waals surface area (Å²) in [4.78, 5) is 10.8. The second-order valence-electron chi connectivity index (χ2n) is 4.09. The predicted molar refractivity (Wildman–Crippen MR) is 62.7 cm³/mol. The molecular weight excluding hydrogens is 222 g/mol. The smallest absolute Gasteiger partial charge is 0.254 e. The Hall–Kier alpha value is -1.77. The van der Waals surface area contributed by atoms with Crippen molar-refractivity contribution in [2.24, 2.45) is 5.41 Å². The van der Waals surface area contributed by atoms with Gasteiger partial charge in [0, 0.05) is 0 Å². The topological polar surface area (TPSA) is 17.1 Å². The van der Waals surface area contributed by atoms with E-state index in [-0.39, 0.29) is 6.42 Å². The van der Waals surface area contributed by atoms with Crippen molar-refractivity contribution < 1.29 is 13.6 Å². The number of aldehydes is 1. The molecule has 1 aromatic rings. The molecule has 1 unspecified atom stereocenters. The number of halogens is 2. The summed E-state index contributed by atoms with van der Waals surface area (Å²) in [5.41, 5.74) is 0.208. The fourth-order valence-corrected chi connectivity index (χ4v) is 1.81. The first-order valence-electron chi connectivity index (χ1n) is 5.37. The van der Waals surface area contributed by atoms with E-state index in [4.69, 9.17) is 0 Å². The summed E-state index contributed by atoms with van der Waals surface area (Å²) in [5.74, 6) is 0. The first-order chi connectivity index (χ1) is 8.18. The molecule has 0 bridgehead atoms. The van der Waals surface area contributed by atoms with Gasteiger partial charge in [-0.1, -0.05) is 48.6 Å². The first-order valence-corrected chi connectivity index (χ1v) is 5.37. The highest BCUT2D eigenvalue weighted by Gasteiger charge is 2.37. The highest BCUT2D eigenvalue weighted by molar-refractivity contribution is 5.78. The zero-order chi connectivity index (χ0) is 12.3. The molecule has 1 aromatic carbocycles. The molecule has 2 rings (SSSR count). The molecule has 1 aliphatic carbocycles. The van der Waals surface area contributed by atoms with Crippen LogP contribution in [0.3, 0.4) is 0 Å². The Morgan fingerprint density at radius 2 is 1.94 bits per heavy atom. The summed E-state index contributed by atoms with van der Waals surface area (Å²) in [7, 11) is 0. The van der Waals surface area contributed by atoms with Crippen LogP contribution >= 0.6 is 0 Å². The van der Waals surface area contributed by atoms with Crippen molar-refractivity contribution in [2.75, 3.05) is 0 Å². The number of allylic oxidation sites excluding steroid dienone is 4. The van der Waals surface area contributed by atoms with Crippen LogP contribution in [0.15, 0.2) is 48.6 Å². The molecule has 0 spiro atoms. The molecule has 1 atom stereocenters. The van der Waals surface area contributed by atoms with Gasteiger partial charge in [0.15, 0.2) is 0 Å². The number of benzene rings is 1. The van der Waals surface area contributed by atoms with E-state index in [0.29, 0.717) is 6.29 Å². The monoisotopic (exact) mass is 234 g/mol. The molecule has 0 N–H and O–H groups in total. The lowest BCUT2D eigenvalue weighted by Gasteiger charge is -2.25. The molecular formula is C14H12F2O. The summed E-state index contributed by atoms with van der Waals surface area (Å²) in [6, 6.07) is 9.49. The first kappa shape index (κ1) is 11.7. The predicted octanol–water partition coefficient (Wildman–Crippen LogP) is 3.48. The van der Waals surface area contributed by atoms with Crippen molar-refractivity contribution in [1.82, 2.24) is 0 Å². The molecule has 0 radical (unpaired) electrons. The molecule has 1 aliphatic rings. The molecule has 17 heavy (non-hydrogen) atoms. The van der Waals surface area contributed by atoms with E-state index in [2.05, 4.69) is 0 Å². The van der Waals surface area contributed by atoms with Gasteiger partial charge < -0.3 is 4.79 Å². The molecule has 3 heteroatoms. The van der Waals surface area contributed by atoms with Gasteiger partial charge in [-0.15, -0.1) is 0 Å². The Labute approximate surface area is 98.5 Å². The molecule has 0 amide bonds. The Morgan fingerprint density at radius 3 is 2.41 bits per heavy atom. The van der Waals surface area contributed by atoms with E-state index in [1.165, 1.54) is 6.08 Å². The van der Waals surface area contributed by atoms with Crippen molar-refractivity contribution in [2.45, 2.75) is 12.8 Å². The molecule has 0 heterocycles. The number of carbonyl (C=O) groups excluding carboxylic acids is 1. The largest absolute Gasteiger partial charge is 0.302 e. The van der Waals surface area contributed by atoms with Crippen molar-refractivity contribution in [3.05, 3.63) is 54.1 Å². The second-order valence-corrected chi connectivity index (χ2v) is 4.09. The highest BCUT2D eigenvalue weighted by atomic mass is 19.3. The average molecular weight is 234 g/mol. The van der Waals surface area contributed by atoms with Crippen molar-refractivity contribution in [3.63, 3.8) is 0 Å². The third-order valence-electron chi connectivity index (χ3n) is 2.98. The Bertz CT molecular complexity index is 462. The summed E-state index contributed by atoms with van der Waals surface area (Å²) >= 11 is 0. The highest BCUT2D eigenvalue weighted by Crippen LogP contribution is 2.36. The molecule has 1 nitrogen and oxygen atoms in total. The van der Waals surface area contributed by atoms with Crippen molar-refractivity contribution in [3.8, 4) is 0 Å². The Kier molecular flexibility index (Phi) is 3.18. The van der Waals surface area contributed by atoms with Gasteiger partial charge in [0.2, 0.25) is 0 Å². The lowest BCUT2D eigenvalue weighted by atomic mass is 9.80. The van der Waals surface area contributed by atoms with Gasteiger partial charge in [0.25, 0.3) is 6.43 Å². The maximum Gasteiger partial charge on any atom is 0.254 e. The van der Waals surface area contributed by atoms with Gasteiger partial charge in [-0.05, 0) is 17.6 Å². The van der Waals surface area contributed by atoms with E-state index >= 15 is 0 Å². The van der Waals surface area contributed by atoms with Gasteiger partial charge in [0.05, 0.1) is 0 Å². The summed E-state index contributed by atoms with van der Waals surface area (Å²) in [6.45, 7) is 0. The van der Waals surface area contributed by atoms with Crippen LogP contribution in [0.4, 0.5) is 8.78 Å².